The Labute approximate surface area is 186 Å². The van der Waals surface area contributed by atoms with Crippen molar-refractivity contribution in [2.24, 2.45) is 0 Å². The molecular formula is C26H24FN3O2. The molecule has 5 nitrogen and oxygen atoms in total. The van der Waals surface area contributed by atoms with E-state index in [4.69, 9.17) is 0 Å². The predicted octanol–water partition coefficient (Wildman–Crippen LogP) is 3.75. The topological polar surface area (TPSA) is 43.9 Å². The van der Waals surface area contributed by atoms with Crippen molar-refractivity contribution in [3.63, 3.8) is 0 Å². The van der Waals surface area contributed by atoms with Gasteiger partial charge in [0.2, 0.25) is 5.91 Å². The van der Waals surface area contributed by atoms with Gasteiger partial charge in [0, 0.05) is 49.5 Å². The molecule has 3 aromatic rings. The first-order valence-electron chi connectivity index (χ1n) is 10.9. The van der Waals surface area contributed by atoms with Crippen LogP contribution in [-0.2, 0) is 11.2 Å². The molecule has 1 fully saturated rings. The highest BCUT2D eigenvalue weighted by atomic mass is 19.1. The van der Waals surface area contributed by atoms with Gasteiger partial charge in [-0.1, -0.05) is 36.4 Å². The summed E-state index contributed by atoms with van der Waals surface area (Å²) in [5, 5.41) is 0. The largest absolute Gasteiger partial charge is 0.368 e. The van der Waals surface area contributed by atoms with E-state index in [0.717, 1.165) is 16.9 Å². The molecule has 0 saturated carbocycles. The van der Waals surface area contributed by atoms with Crippen LogP contribution >= 0.6 is 0 Å². The second-order valence-electron chi connectivity index (χ2n) is 8.18. The van der Waals surface area contributed by atoms with Crippen LogP contribution in [0.25, 0.3) is 0 Å². The Kier molecular flexibility index (Phi) is 5.35. The first kappa shape index (κ1) is 20.2. The fourth-order valence-corrected chi connectivity index (χ4v) is 4.60. The van der Waals surface area contributed by atoms with Gasteiger partial charge in [0.25, 0.3) is 5.91 Å². The average molecular weight is 429 g/mol. The van der Waals surface area contributed by atoms with Gasteiger partial charge in [-0.3, -0.25) is 14.5 Å². The van der Waals surface area contributed by atoms with Crippen LogP contribution in [0.5, 0.6) is 0 Å². The van der Waals surface area contributed by atoms with Gasteiger partial charge in [-0.15, -0.1) is 0 Å². The highest BCUT2D eigenvalue weighted by Crippen LogP contribution is 2.34. The molecule has 5 rings (SSSR count). The number of piperazine rings is 1. The maximum absolute atomic E-state index is 13.6. The minimum atomic E-state index is -0.544. The van der Waals surface area contributed by atoms with Crippen LogP contribution in [-0.4, -0.2) is 48.9 Å². The molecule has 162 valence electrons. The van der Waals surface area contributed by atoms with Crippen LogP contribution in [0.4, 0.5) is 15.8 Å². The predicted molar refractivity (Wildman–Crippen MR) is 122 cm³/mol. The molecular weight excluding hydrogens is 405 g/mol. The van der Waals surface area contributed by atoms with Crippen molar-refractivity contribution < 1.29 is 14.0 Å². The number of carbonyl (C=O) groups is 2. The van der Waals surface area contributed by atoms with Gasteiger partial charge in [-0.25, -0.2) is 4.39 Å². The van der Waals surface area contributed by atoms with Gasteiger partial charge in [-0.2, -0.15) is 0 Å². The number of halogens is 1. The Morgan fingerprint density at radius 3 is 2.16 bits per heavy atom. The van der Waals surface area contributed by atoms with Crippen molar-refractivity contribution in [1.29, 1.82) is 0 Å². The van der Waals surface area contributed by atoms with E-state index in [9.17, 15) is 14.0 Å². The number of nitrogens with zero attached hydrogens (tertiary/aromatic N) is 3. The lowest BCUT2D eigenvalue weighted by molar-refractivity contribution is -0.132. The van der Waals surface area contributed by atoms with Gasteiger partial charge in [0.05, 0.1) is 0 Å². The standard InChI is InChI=1S/C26H24FN3O2/c27-21-10-12-22(13-11-21)28-14-16-29(17-15-28)26(32)24-18-20-8-4-5-9-23(20)30(24)25(31)19-6-2-1-3-7-19/h1-13,24H,14-18H2/t24-/m0/s1. The number of benzene rings is 3. The lowest BCUT2D eigenvalue weighted by Gasteiger charge is -2.38. The summed E-state index contributed by atoms with van der Waals surface area (Å²) in [6.07, 6.45) is 0.520. The number of anilines is 2. The molecule has 0 radical (unpaired) electrons. The fraction of sp³-hybridized carbons (Fsp3) is 0.231. The molecule has 1 saturated heterocycles. The molecule has 0 spiro atoms. The number of amides is 2. The van der Waals surface area contributed by atoms with Crippen LogP contribution in [0, 0.1) is 5.82 Å². The summed E-state index contributed by atoms with van der Waals surface area (Å²) in [5.41, 5.74) is 3.35. The Morgan fingerprint density at radius 1 is 0.781 bits per heavy atom. The van der Waals surface area contributed by atoms with Crippen LogP contribution in [0.2, 0.25) is 0 Å². The molecule has 0 bridgehead atoms. The van der Waals surface area contributed by atoms with Gasteiger partial charge in [0.15, 0.2) is 0 Å². The minimum absolute atomic E-state index is 0.0239. The lowest BCUT2D eigenvalue weighted by Crippen LogP contribution is -2.55. The van der Waals surface area contributed by atoms with E-state index in [2.05, 4.69) is 4.90 Å². The third-order valence-corrected chi connectivity index (χ3v) is 6.28. The molecule has 2 amide bonds. The van der Waals surface area contributed by atoms with Crippen molar-refractivity contribution in [2.45, 2.75) is 12.5 Å². The Bertz CT molecular complexity index is 1130. The number of rotatable bonds is 3. The van der Waals surface area contributed by atoms with E-state index in [1.165, 1.54) is 12.1 Å². The molecule has 2 heterocycles. The van der Waals surface area contributed by atoms with Crippen LogP contribution in [0.3, 0.4) is 0 Å². The number of fused-ring (bicyclic) bond motifs is 1. The maximum atomic E-state index is 13.6. The first-order chi connectivity index (χ1) is 15.6. The van der Waals surface area contributed by atoms with E-state index in [1.54, 1.807) is 29.2 Å². The summed E-state index contributed by atoms with van der Waals surface area (Å²) >= 11 is 0. The monoisotopic (exact) mass is 429 g/mol. The van der Waals surface area contributed by atoms with Gasteiger partial charge in [0.1, 0.15) is 11.9 Å². The zero-order valence-electron chi connectivity index (χ0n) is 17.7. The average Bonchev–Trinajstić information content (AvgIpc) is 3.24. The normalized spacial score (nSPS) is 17.9. The molecule has 0 unspecified atom stereocenters. The van der Waals surface area contributed by atoms with Crippen molar-refractivity contribution in [1.82, 2.24) is 4.90 Å². The molecule has 0 N–H and O–H groups in total. The summed E-state index contributed by atoms with van der Waals surface area (Å²) in [5.74, 6) is -0.436. The summed E-state index contributed by atoms with van der Waals surface area (Å²) in [6.45, 7) is 2.47. The summed E-state index contributed by atoms with van der Waals surface area (Å²) < 4.78 is 13.2. The lowest BCUT2D eigenvalue weighted by atomic mass is 10.1. The van der Waals surface area contributed by atoms with E-state index in [1.807, 2.05) is 47.4 Å². The van der Waals surface area contributed by atoms with Crippen LogP contribution in [0.1, 0.15) is 15.9 Å². The Hall–Kier alpha value is -3.67. The quantitative estimate of drug-likeness (QED) is 0.637. The fourth-order valence-electron chi connectivity index (χ4n) is 4.60. The van der Waals surface area contributed by atoms with Gasteiger partial charge < -0.3 is 9.80 Å². The van der Waals surface area contributed by atoms with E-state index >= 15 is 0 Å². The molecule has 3 aromatic carbocycles. The molecule has 1 atom stereocenters. The number of hydrogen-bond acceptors (Lipinski definition) is 3. The molecule has 0 aromatic heterocycles. The summed E-state index contributed by atoms with van der Waals surface area (Å²) in [6, 6.07) is 22.7. The molecule has 0 aliphatic carbocycles. The smallest absolute Gasteiger partial charge is 0.259 e. The second kappa shape index (κ2) is 8.46. The number of carbonyl (C=O) groups excluding carboxylic acids is 2. The maximum Gasteiger partial charge on any atom is 0.259 e. The highest BCUT2D eigenvalue weighted by molar-refractivity contribution is 6.11. The Morgan fingerprint density at radius 2 is 1.44 bits per heavy atom. The molecule has 6 heteroatoms. The highest BCUT2D eigenvalue weighted by Gasteiger charge is 2.41. The summed E-state index contributed by atoms with van der Waals surface area (Å²) in [7, 11) is 0. The molecule has 2 aliphatic rings. The second-order valence-corrected chi connectivity index (χ2v) is 8.18. The van der Waals surface area contributed by atoms with E-state index in [0.29, 0.717) is 38.2 Å². The summed E-state index contributed by atoms with van der Waals surface area (Å²) in [4.78, 5) is 32.6. The zero-order chi connectivity index (χ0) is 22.1. The van der Waals surface area contributed by atoms with Crippen LogP contribution in [0.15, 0.2) is 78.9 Å². The van der Waals surface area contributed by atoms with E-state index < -0.39 is 6.04 Å². The van der Waals surface area contributed by atoms with E-state index in [-0.39, 0.29) is 17.6 Å². The van der Waals surface area contributed by atoms with Gasteiger partial charge in [-0.05, 0) is 48.0 Å². The zero-order valence-corrected chi connectivity index (χ0v) is 17.7. The first-order valence-corrected chi connectivity index (χ1v) is 10.9. The minimum Gasteiger partial charge on any atom is -0.368 e. The number of hydrogen-bond donors (Lipinski definition) is 0. The third kappa shape index (κ3) is 3.73. The molecule has 32 heavy (non-hydrogen) atoms. The van der Waals surface area contributed by atoms with Crippen molar-refractivity contribution in [3.8, 4) is 0 Å². The Balaban J connectivity index is 1.34. The van der Waals surface area contributed by atoms with Crippen molar-refractivity contribution in [2.75, 3.05) is 36.0 Å². The molecule has 2 aliphatic heterocycles. The third-order valence-electron chi connectivity index (χ3n) is 6.28. The van der Waals surface area contributed by atoms with Gasteiger partial charge >= 0.3 is 0 Å². The number of para-hydroxylation sites is 1. The van der Waals surface area contributed by atoms with Crippen molar-refractivity contribution >= 4 is 23.2 Å². The SMILES string of the molecule is O=C([C@@H]1Cc2ccccc2N1C(=O)c1ccccc1)N1CCN(c2ccc(F)cc2)CC1. The van der Waals surface area contributed by atoms with Crippen molar-refractivity contribution in [3.05, 3.63) is 95.8 Å². The van der Waals surface area contributed by atoms with Crippen LogP contribution < -0.4 is 9.80 Å².